The third-order valence-electron chi connectivity index (χ3n) is 4.54. The molecule has 2 aromatic carbocycles. The van der Waals surface area contributed by atoms with Gasteiger partial charge in [-0.3, -0.25) is 9.59 Å². The molecule has 1 aromatic heterocycles. The lowest BCUT2D eigenvalue weighted by Crippen LogP contribution is -2.38. The second kappa shape index (κ2) is 8.06. The number of amides is 1. The minimum Gasteiger partial charge on any atom is -0.333 e. The smallest absolute Gasteiger partial charge is 0.333 e. The first-order valence-electron chi connectivity index (χ1n) is 9.08. The maximum absolute atomic E-state index is 12.9. The predicted octanol–water partition coefficient (Wildman–Crippen LogP) is 3.92. The molecule has 0 aliphatic rings. The van der Waals surface area contributed by atoms with E-state index in [2.05, 4.69) is 9.97 Å². The van der Waals surface area contributed by atoms with Crippen LogP contribution >= 0.6 is 0 Å². The molecule has 0 saturated heterocycles. The van der Waals surface area contributed by atoms with Crippen molar-refractivity contribution in [3.05, 3.63) is 75.8 Å². The summed E-state index contributed by atoms with van der Waals surface area (Å²) in [6.45, 7) is 3.64. The molecular weight excluding hydrogens is 383 g/mol. The number of rotatable bonds is 5. The highest BCUT2D eigenvalue weighted by atomic mass is 19.4. The number of alkyl halides is 3. The molecule has 0 spiro atoms. The zero-order valence-electron chi connectivity index (χ0n) is 16.0. The summed E-state index contributed by atoms with van der Waals surface area (Å²) in [7, 11) is 0. The highest BCUT2D eigenvalue weighted by Crippen LogP contribution is 2.29. The number of hydrogen-bond acceptors (Lipinski definition) is 3. The average molecular weight is 403 g/mol. The van der Waals surface area contributed by atoms with Crippen LogP contribution in [0.3, 0.4) is 0 Å². The zero-order valence-corrected chi connectivity index (χ0v) is 16.0. The Labute approximate surface area is 165 Å². The first kappa shape index (κ1) is 20.6. The van der Waals surface area contributed by atoms with Gasteiger partial charge in [-0.1, -0.05) is 30.3 Å². The van der Waals surface area contributed by atoms with Crippen molar-refractivity contribution >= 4 is 16.8 Å². The monoisotopic (exact) mass is 403 g/mol. The second-order valence-electron chi connectivity index (χ2n) is 7.02. The fourth-order valence-electron chi connectivity index (χ4n) is 3.06. The van der Waals surface area contributed by atoms with Crippen LogP contribution in [0.4, 0.5) is 13.2 Å². The molecule has 0 saturated carbocycles. The highest BCUT2D eigenvalue weighted by molar-refractivity contribution is 5.79. The summed E-state index contributed by atoms with van der Waals surface area (Å²) in [5, 5.41) is 0.447. The van der Waals surface area contributed by atoms with Crippen LogP contribution in [0.1, 0.15) is 30.8 Å². The van der Waals surface area contributed by atoms with Crippen LogP contribution in [0.25, 0.3) is 10.9 Å². The van der Waals surface area contributed by atoms with E-state index >= 15 is 0 Å². The second-order valence-corrected chi connectivity index (χ2v) is 7.02. The van der Waals surface area contributed by atoms with E-state index in [4.69, 9.17) is 0 Å². The summed E-state index contributed by atoms with van der Waals surface area (Å²) in [5.41, 5.74) is -0.310. The number of halogens is 3. The minimum absolute atomic E-state index is 0.0511. The number of para-hydroxylation sites is 1. The Bertz CT molecular complexity index is 1090. The van der Waals surface area contributed by atoms with Crippen LogP contribution in [0.15, 0.2) is 53.3 Å². The van der Waals surface area contributed by atoms with E-state index in [-0.39, 0.29) is 36.0 Å². The van der Waals surface area contributed by atoms with Crippen molar-refractivity contribution in [2.75, 3.05) is 0 Å². The SMILES string of the molecule is CC(C)N(Cc1nc2ccccc2c(=O)[nH]1)C(=O)Cc1cccc(C(F)(F)F)c1. The predicted molar refractivity (Wildman–Crippen MR) is 103 cm³/mol. The lowest BCUT2D eigenvalue weighted by molar-refractivity contribution is -0.138. The number of benzene rings is 2. The molecule has 1 heterocycles. The Morgan fingerprint density at radius 2 is 1.86 bits per heavy atom. The highest BCUT2D eigenvalue weighted by Gasteiger charge is 2.30. The molecule has 8 heteroatoms. The molecule has 3 aromatic rings. The molecule has 29 heavy (non-hydrogen) atoms. The summed E-state index contributed by atoms with van der Waals surface area (Å²) in [4.78, 5) is 33.6. The fraction of sp³-hybridized carbons (Fsp3) is 0.286. The van der Waals surface area contributed by atoms with E-state index in [1.54, 1.807) is 38.1 Å². The van der Waals surface area contributed by atoms with Gasteiger partial charge in [0.15, 0.2) is 0 Å². The number of nitrogens with one attached hydrogen (secondary N) is 1. The van der Waals surface area contributed by atoms with Crippen LogP contribution in [0.5, 0.6) is 0 Å². The van der Waals surface area contributed by atoms with Crippen LogP contribution in [0.2, 0.25) is 0 Å². The minimum atomic E-state index is -4.47. The molecule has 0 atom stereocenters. The van der Waals surface area contributed by atoms with Crippen molar-refractivity contribution in [1.29, 1.82) is 0 Å². The van der Waals surface area contributed by atoms with Crippen LogP contribution in [-0.4, -0.2) is 26.8 Å². The quantitative estimate of drug-likeness (QED) is 0.702. The van der Waals surface area contributed by atoms with Crippen molar-refractivity contribution in [1.82, 2.24) is 14.9 Å². The van der Waals surface area contributed by atoms with E-state index in [0.717, 1.165) is 12.1 Å². The van der Waals surface area contributed by atoms with Gasteiger partial charge in [0.1, 0.15) is 5.82 Å². The molecule has 1 N–H and O–H groups in total. The lowest BCUT2D eigenvalue weighted by atomic mass is 10.1. The summed E-state index contributed by atoms with van der Waals surface area (Å²) in [6, 6.07) is 11.3. The van der Waals surface area contributed by atoms with E-state index in [1.165, 1.54) is 17.0 Å². The summed E-state index contributed by atoms with van der Waals surface area (Å²) < 4.78 is 38.7. The number of hydrogen-bond donors (Lipinski definition) is 1. The summed E-state index contributed by atoms with van der Waals surface area (Å²) >= 11 is 0. The van der Waals surface area contributed by atoms with Gasteiger partial charge in [-0.25, -0.2) is 4.98 Å². The molecule has 0 unspecified atom stereocenters. The molecule has 0 aliphatic carbocycles. The standard InChI is InChI=1S/C21H20F3N3O2/c1-13(2)27(12-18-25-17-9-4-3-8-16(17)20(29)26-18)19(28)11-14-6-5-7-15(10-14)21(22,23)24/h3-10,13H,11-12H2,1-2H3,(H,25,26,29). The Morgan fingerprint density at radius 3 is 2.55 bits per heavy atom. The first-order chi connectivity index (χ1) is 13.6. The van der Waals surface area contributed by atoms with Gasteiger partial charge in [-0.2, -0.15) is 13.2 Å². The summed E-state index contributed by atoms with van der Waals surface area (Å²) in [6.07, 6.45) is -4.65. The van der Waals surface area contributed by atoms with Gasteiger partial charge in [0, 0.05) is 6.04 Å². The van der Waals surface area contributed by atoms with Gasteiger partial charge in [0.2, 0.25) is 5.91 Å². The molecule has 1 amide bonds. The Hall–Kier alpha value is -3.16. The molecule has 0 radical (unpaired) electrons. The average Bonchev–Trinajstić information content (AvgIpc) is 2.65. The molecule has 5 nitrogen and oxygen atoms in total. The number of aromatic nitrogens is 2. The van der Waals surface area contributed by atoms with Crippen LogP contribution < -0.4 is 5.56 Å². The molecular formula is C21H20F3N3O2. The Kier molecular flexibility index (Phi) is 5.72. The van der Waals surface area contributed by atoms with E-state index in [0.29, 0.717) is 16.7 Å². The molecule has 152 valence electrons. The number of H-pyrrole nitrogens is 1. The van der Waals surface area contributed by atoms with E-state index in [1.807, 2.05) is 0 Å². The number of carbonyl (C=O) groups is 1. The van der Waals surface area contributed by atoms with Crippen molar-refractivity contribution in [3.63, 3.8) is 0 Å². The maximum Gasteiger partial charge on any atom is 0.416 e. The number of carbonyl (C=O) groups excluding carboxylic acids is 1. The van der Waals surface area contributed by atoms with Gasteiger partial charge in [0.05, 0.1) is 29.4 Å². The number of fused-ring (bicyclic) bond motifs is 1. The van der Waals surface area contributed by atoms with Crippen LogP contribution in [0, 0.1) is 0 Å². The number of aromatic amines is 1. The normalized spacial score (nSPS) is 11.8. The van der Waals surface area contributed by atoms with Gasteiger partial charge >= 0.3 is 6.18 Å². The topological polar surface area (TPSA) is 66.1 Å². The Morgan fingerprint density at radius 1 is 1.14 bits per heavy atom. The van der Waals surface area contributed by atoms with Crippen LogP contribution in [-0.2, 0) is 23.9 Å². The Balaban J connectivity index is 1.83. The number of nitrogens with zero attached hydrogens (tertiary/aromatic N) is 2. The summed E-state index contributed by atoms with van der Waals surface area (Å²) in [5.74, 6) is -0.0325. The van der Waals surface area contributed by atoms with E-state index in [9.17, 15) is 22.8 Å². The van der Waals surface area contributed by atoms with E-state index < -0.39 is 11.7 Å². The first-order valence-corrected chi connectivity index (χ1v) is 9.08. The maximum atomic E-state index is 12.9. The van der Waals surface area contributed by atoms with Gasteiger partial charge < -0.3 is 9.88 Å². The van der Waals surface area contributed by atoms with Crippen molar-refractivity contribution in [3.8, 4) is 0 Å². The lowest BCUT2D eigenvalue weighted by Gasteiger charge is -2.26. The third kappa shape index (κ3) is 4.82. The van der Waals surface area contributed by atoms with Gasteiger partial charge in [0.25, 0.3) is 5.56 Å². The van der Waals surface area contributed by atoms with Gasteiger partial charge in [-0.05, 0) is 37.6 Å². The van der Waals surface area contributed by atoms with Crippen molar-refractivity contribution in [2.24, 2.45) is 0 Å². The molecule has 0 fully saturated rings. The van der Waals surface area contributed by atoms with Gasteiger partial charge in [-0.15, -0.1) is 0 Å². The fourth-order valence-corrected chi connectivity index (χ4v) is 3.06. The molecule has 3 rings (SSSR count). The van der Waals surface area contributed by atoms with Crippen molar-refractivity contribution < 1.29 is 18.0 Å². The largest absolute Gasteiger partial charge is 0.416 e. The molecule has 0 aliphatic heterocycles. The zero-order chi connectivity index (χ0) is 21.2. The third-order valence-corrected chi connectivity index (χ3v) is 4.54. The van der Waals surface area contributed by atoms with Crippen molar-refractivity contribution in [2.45, 2.75) is 39.0 Å². The molecule has 0 bridgehead atoms.